The van der Waals surface area contributed by atoms with Gasteiger partial charge >= 0.3 is 5.69 Å². The second-order valence-electron chi connectivity index (χ2n) is 7.30. The van der Waals surface area contributed by atoms with Gasteiger partial charge in [0, 0.05) is 17.6 Å². The fraction of sp³-hybridized carbons (Fsp3) is 0.208. The average molecular weight is 453 g/mol. The van der Waals surface area contributed by atoms with Gasteiger partial charge in [-0.05, 0) is 35.8 Å². The van der Waals surface area contributed by atoms with Crippen LogP contribution in [-0.4, -0.2) is 22.0 Å². The van der Waals surface area contributed by atoms with Gasteiger partial charge in [-0.1, -0.05) is 67.4 Å². The van der Waals surface area contributed by atoms with Crippen molar-refractivity contribution >= 4 is 35.1 Å². The molecule has 0 atom stereocenters. The number of nitrogen functional groups attached to an aromatic ring is 1. The van der Waals surface area contributed by atoms with Gasteiger partial charge < -0.3 is 10.6 Å². The van der Waals surface area contributed by atoms with Crippen LogP contribution < -0.4 is 21.9 Å². The summed E-state index contributed by atoms with van der Waals surface area (Å²) in [4.78, 5) is 41.9. The number of H-pyrrole nitrogens is 1. The Hall–Kier alpha value is -3.58. The van der Waals surface area contributed by atoms with E-state index >= 15 is 0 Å². The van der Waals surface area contributed by atoms with Crippen molar-refractivity contribution in [1.29, 1.82) is 0 Å². The molecule has 0 spiro atoms. The van der Waals surface area contributed by atoms with Crippen molar-refractivity contribution < 1.29 is 4.79 Å². The van der Waals surface area contributed by atoms with Crippen LogP contribution in [0.2, 0.25) is 5.02 Å². The lowest BCUT2D eigenvalue weighted by atomic mass is 10.2. The summed E-state index contributed by atoms with van der Waals surface area (Å²) in [6.07, 6.45) is 4.46. The number of rotatable bonds is 8. The first-order chi connectivity index (χ1) is 15.4. The smallest absolute Gasteiger partial charge is 0.330 e. The number of anilines is 2. The van der Waals surface area contributed by atoms with Crippen LogP contribution in [0.3, 0.4) is 0 Å². The first kappa shape index (κ1) is 23.1. The molecule has 1 aromatic heterocycles. The summed E-state index contributed by atoms with van der Waals surface area (Å²) in [6, 6.07) is 16.3. The summed E-state index contributed by atoms with van der Waals surface area (Å²) in [5.74, 6) is -0.469. The summed E-state index contributed by atoms with van der Waals surface area (Å²) < 4.78 is 1.26. The number of carbonyl (C=O) groups is 1. The molecule has 0 radical (unpaired) electrons. The highest BCUT2D eigenvalue weighted by Gasteiger charge is 2.22. The molecule has 32 heavy (non-hydrogen) atoms. The Morgan fingerprint density at radius 3 is 2.59 bits per heavy atom. The third-order valence-corrected chi connectivity index (χ3v) is 5.17. The van der Waals surface area contributed by atoms with E-state index in [1.54, 1.807) is 24.3 Å². The van der Waals surface area contributed by atoms with Crippen LogP contribution >= 0.6 is 11.6 Å². The number of halogens is 1. The molecule has 1 heterocycles. The van der Waals surface area contributed by atoms with Gasteiger partial charge in [0.2, 0.25) is 0 Å². The standard InChI is InChI=1S/C24H25ClN4O3/c1-2-3-14-28(20(30)13-12-17-10-7-11-19(25)15-17)21-22(26)29(24(32)27-23(21)31)16-18-8-5-4-6-9-18/h4-13,15H,2-3,14,16,26H2,1H3,(H,27,31,32)/b13-12+. The van der Waals surface area contributed by atoms with E-state index in [2.05, 4.69) is 4.98 Å². The summed E-state index contributed by atoms with van der Waals surface area (Å²) in [6.45, 7) is 2.43. The molecule has 3 N–H and O–H groups in total. The first-order valence-electron chi connectivity index (χ1n) is 10.3. The topological polar surface area (TPSA) is 101 Å². The van der Waals surface area contributed by atoms with E-state index in [1.165, 1.54) is 15.5 Å². The Kier molecular flexibility index (Phi) is 7.68. The second-order valence-corrected chi connectivity index (χ2v) is 7.73. The van der Waals surface area contributed by atoms with E-state index < -0.39 is 17.2 Å². The van der Waals surface area contributed by atoms with Crippen LogP contribution in [0.15, 0.2) is 70.3 Å². The number of nitrogens with one attached hydrogen (secondary N) is 1. The molecule has 0 fully saturated rings. The molecule has 1 amide bonds. The summed E-state index contributed by atoms with van der Waals surface area (Å²) in [5, 5.41) is 0.552. The molecule has 0 aliphatic heterocycles. The van der Waals surface area contributed by atoms with Crippen molar-refractivity contribution in [2.24, 2.45) is 0 Å². The Balaban J connectivity index is 2.01. The minimum absolute atomic E-state index is 0.0327. The number of unbranched alkanes of at least 4 members (excludes halogenated alkanes) is 1. The van der Waals surface area contributed by atoms with E-state index in [9.17, 15) is 14.4 Å². The van der Waals surface area contributed by atoms with Crippen LogP contribution in [0.25, 0.3) is 6.08 Å². The maximum Gasteiger partial charge on any atom is 0.330 e. The molecule has 0 aliphatic rings. The zero-order valence-electron chi connectivity index (χ0n) is 17.8. The second kappa shape index (κ2) is 10.6. The maximum atomic E-state index is 13.1. The highest BCUT2D eigenvalue weighted by atomic mass is 35.5. The molecule has 0 saturated heterocycles. The van der Waals surface area contributed by atoms with Crippen LogP contribution in [0.4, 0.5) is 11.5 Å². The minimum Gasteiger partial charge on any atom is -0.383 e. The third kappa shape index (κ3) is 5.56. The SMILES string of the molecule is CCCCN(C(=O)/C=C/c1cccc(Cl)c1)c1c(N)n(Cc2ccccc2)c(=O)[nH]c1=O. The van der Waals surface area contributed by atoms with Crippen molar-refractivity contribution in [2.75, 3.05) is 17.2 Å². The summed E-state index contributed by atoms with van der Waals surface area (Å²) in [7, 11) is 0. The van der Waals surface area contributed by atoms with Gasteiger partial charge in [-0.15, -0.1) is 0 Å². The van der Waals surface area contributed by atoms with Crippen molar-refractivity contribution in [3.8, 4) is 0 Å². The Morgan fingerprint density at radius 1 is 1.16 bits per heavy atom. The molecular formula is C24H25ClN4O3. The molecule has 0 saturated carbocycles. The number of benzene rings is 2. The molecule has 7 nitrogen and oxygen atoms in total. The van der Waals surface area contributed by atoms with E-state index in [0.29, 0.717) is 11.4 Å². The highest BCUT2D eigenvalue weighted by molar-refractivity contribution is 6.30. The molecule has 3 rings (SSSR count). The molecule has 8 heteroatoms. The molecule has 2 aromatic carbocycles. The number of nitrogens with zero attached hydrogens (tertiary/aromatic N) is 2. The minimum atomic E-state index is -0.697. The molecule has 166 valence electrons. The van der Waals surface area contributed by atoms with Crippen molar-refractivity contribution in [3.05, 3.63) is 97.7 Å². The zero-order valence-corrected chi connectivity index (χ0v) is 18.5. The lowest BCUT2D eigenvalue weighted by Gasteiger charge is -2.23. The number of amides is 1. The summed E-state index contributed by atoms with van der Waals surface area (Å²) in [5.41, 5.74) is 6.51. The van der Waals surface area contributed by atoms with Gasteiger partial charge in [-0.2, -0.15) is 0 Å². The number of aromatic amines is 1. The van der Waals surface area contributed by atoms with E-state index in [1.807, 2.05) is 43.3 Å². The van der Waals surface area contributed by atoms with E-state index in [4.69, 9.17) is 17.3 Å². The molecule has 0 unspecified atom stereocenters. The monoisotopic (exact) mass is 452 g/mol. The fourth-order valence-corrected chi connectivity index (χ4v) is 3.48. The average Bonchev–Trinajstić information content (AvgIpc) is 2.78. The Bertz CT molecular complexity index is 1230. The molecule has 3 aromatic rings. The molecular weight excluding hydrogens is 428 g/mol. The molecule has 0 bridgehead atoms. The number of nitrogens with two attached hydrogens (primary N) is 1. The Labute approximate surface area is 190 Å². The number of aromatic nitrogens is 2. The molecule has 0 aliphatic carbocycles. The van der Waals surface area contributed by atoms with Crippen LogP contribution in [0, 0.1) is 0 Å². The lowest BCUT2D eigenvalue weighted by Crippen LogP contribution is -2.41. The Morgan fingerprint density at radius 2 is 1.91 bits per heavy atom. The van der Waals surface area contributed by atoms with Crippen molar-refractivity contribution in [2.45, 2.75) is 26.3 Å². The number of hydrogen-bond donors (Lipinski definition) is 2. The van der Waals surface area contributed by atoms with Crippen LogP contribution in [-0.2, 0) is 11.3 Å². The largest absolute Gasteiger partial charge is 0.383 e. The van der Waals surface area contributed by atoms with Gasteiger partial charge in [0.05, 0.1) is 6.54 Å². The van der Waals surface area contributed by atoms with E-state index in [-0.39, 0.29) is 24.6 Å². The van der Waals surface area contributed by atoms with Gasteiger partial charge in [0.1, 0.15) is 5.82 Å². The number of hydrogen-bond acceptors (Lipinski definition) is 4. The van der Waals surface area contributed by atoms with Crippen molar-refractivity contribution in [1.82, 2.24) is 9.55 Å². The fourth-order valence-electron chi connectivity index (χ4n) is 3.28. The predicted octanol–water partition coefficient (Wildman–Crippen LogP) is 3.67. The van der Waals surface area contributed by atoms with E-state index in [0.717, 1.165) is 17.5 Å². The first-order valence-corrected chi connectivity index (χ1v) is 10.7. The number of carbonyl (C=O) groups excluding carboxylic acids is 1. The predicted molar refractivity (Wildman–Crippen MR) is 129 cm³/mol. The van der Waals surface area contributed by atoms with Crippen LogP contribution in [0.1, 0.15) is 30.9 Å². The summed E-state index contributed by atoms with van der Waals surface area (Å²) >= 11 is 6.00. The lowest BCUT2D eigenvalue weighted by molar-refractivity contribution is -0.114. The van der Waals surface area contributed by atoms with Gasteiger partial charge in [-0.3, -0.25) is 19.1 Å². The van der Waals surface area contributed by atoms with Gasteiger partial charge in [0.15, 0.2) is 5.69 Å². The van der Waals surface area contributed by atoms with Crippen molar-refractivity contribution in [3.63, 3.8) is 0 Å². The highest BCUT2D eigenvalue weighted by Crippen LogP contribution is 2.20. The van der Waals surface area contributed by atoms with Gasteiger partial charge in [-0.25, -0.2) is 4.79 Å². The zero-order chi connectivity index (χ0) is 23.1. The van der Waals surface area contributed by atoms with Crippen LogP contribution in [0.5, 0.6) is 0 Å². The normalized spacial score (nSPS) is 11.1. The maximum absolute atomic E-state index is 13.1. The quantitative estimate of drug-likeness (QED) is 0.509. The third-order valence-electron chi connectivity index (χ3n) is 4.94. The van der Waals surface area contributed by atoms with Gasteiger partial charge in [0.25, 0.3) is 11.5 Å².